The van der Waals surface area contributed by atoms with Crippen LogP contribution in [0.5, 0.6) is 0 Å². The van der Waals surface area contributed by atoms with Crippen LogP contribution in [0.1, 0.15) is 32.3 Å². The normalized spacial score (nSPS) is 35.7. The number of fused-ring (bicyclic) bond motifs is 1. The van der Waals surface area contributed by atoms with Crippen molar-refractivity contribution in [3.05, 3.63) is 35.9 Å². The lowest BCUT2D eigenvalue weighted by molar-refractivity contribution is -0.777. The molecule has 134 valence electrons. The Balaban J connectivity index is 1.51. The highest BCUT2D eigenvalue weighted by Gasteiger charge is 2.63. The SMILES string of the molecule is CC1(C)COC2(CC3C[N+](C=O)(Cc4ccccc4)C(=O)C3C2)OC1. The van der Waals surface area contributed by atoms with Crippen LogP contribution in [0.3, 0.4) is 0 Å². The summed E-state index contributed by atoms with van der Waals surface area (Å²) in [7, 11) is 0. The number of amides is 2. The van der Waals surface area contributed by atoms with E-state index in [0.717, 1.165) is 12.0 Å². The molecule has 0 bridgehead atoms. The average molecular weight is 344 g/mol. The van der Waals surface area contributed by atoms with E-state index in [1.54, 1.807) is 0 Å². The van der Waals surface area contributed by atoms with Crippen LogP contribution >= 0.6 is 0 Å². The zero-order valence-corrected chi connectivity index (χ0v) is 14.9. The first-order valence-corrected chi connectivity index (χ1v) is 9.06. The van der Waals surface area contributed by atoms with Crippen molar-refractivity contribution in [1.29, 1.82) is 0 Å². The summed E-state index contributed by atoms with van der Waals surface area (Å²) >= 11 is 0. The lowest BCUT2D eigenvalue weighted by Crippen LogP contribution is -2.51. The van der Waals surface area contributed by atoms with E-state index in [9.17, 15) is 9.59 Å². The van der Waals surface area contributed by atoms with E-state index in [0.29, 0.717) is 39.1 Å². The first-order valence-electron chi connectivity index (χ1n) is 9.06. The highest BCUT2D eigenvalue weighted by atomic mass is 16.7. The predicted octanol–water partition coefficient (Wildman–Crippen LogP) is 2.50. The Morgan fingerprint density at radius 2 is 1.84 bits per heavy atom. The second-order valence-electron chi connectivity index (χ2n) is 8.73. The average Bonchev–Trinajstić information content (AvgIpc) is 3.06. The highest BCUT2D eigenvalue weighted by molar-refractivity contribution is 5.81. The molecule has 1 saturated carbocycles. The zero-order valence-electron chi connectivity index (χ0n) is 14.9. The first kappa shape index (κ1) is 16.9. The van der Waals surface area contributed by atoms with E-state index in [2.05, 4.69) is 13.8 Å². The van der Waals surface area contributed by atoms with Gasteiger partial charge in [-0.2, -0.15) is 4.48 Å². The van der Waals surface area contributed by atoms with Crippen LogP contribution in [0.15, 0.2) is 30.3 Å². The fourth-order valence-electron chi connectivity index (χ4n) is 4.60. The fourth-order valence-corrected chi connectivity index (χ4v) is 4.60. The second kappa shape index (κ2) is 5.73. The number of carbonyl (C=O) groups is 2. The van der Waals surface area contributed by atoms with E-state index >= 15 is 0 Å². The van der Waals surface area contributed by atoms with Crippen LogP contribution in [0, 0.1) is 17.3 Å². The van der Waals surface area contributed by atoms with Crippen molar-refractivity contribution in [3.63, 3.8) is 0 Å². The highest BCUT2D eigenvalue weighted by Crippen LogP contribution is 2.51. The molecule has 0 aromatic heterocycles. The molecular weight excluding hydrogens is 318 g/mol. The van der Waals surface area contributed by atoms with Crippen molar-refractivity contribution < 1.29 is 23.5 Å². The molecule has 5 heteroatoms. The summed E-state index contributed by atoms with van der Waals surface area (Å²) in [5.74, 6) is -0.581. The lowest BCUT2D eigenvalue weighted by Gasteiger charge is -2.42. The molecule has 3 fully saturated rings. The fraction of sp³-hybridized carbons (Fsp3) is 0.600. The lowest BCUT2D eigenvalue weighted by atomic mass is 9.94. The summed E-state index contributed by atoms with van der Waals surface area (Å²) in [6.45, 7) is 6.54. The molecule has 0 radical (unpaired) electrons. The molecule has 1 aromatic carbocycles. The molecular formula is C20H26NO4+. The van der Waals surface area contributed by atoms with E-state index in [1.807, 2.05) is 30.3 Å². The molecule has 0 N–H and O–H groups in total. The molecule has 4 rings (SSSR count). The Kier molecular flexibility index (Phi) is 3.87. The molecule has 2 heterocycles. The number of imide groups is 1. The van der Waals surface area contributed by atoms with E-state index < -0.39 is 5.79 Å². The Morgan fingerprint density at radius 3 is 2.44 bits per heavy atom. The smallest absolute Gasteiger partial charge is 0.324 e. The molecule has 1 spiro atoms. The maximum absolute atomic E-state index is 13.1. The zero-order chi connectivity index (χ0) is 17.7. The van der Waals surface area contributed by atoms with Crippen LogP contribution in [-0.2, 0) is 25.6 Å². The molecule has 2 aliphatic heterocycles. The van der Waals surface area contributed by atoms with Crippen molar-refractivity contribution in [2.75, 3.05) is 19.8 Å². The van der Waals surface area contributed by atoms with Gasteiger partial charge < -0.3 is 9.47 Å². The third-order valence-corrected chi connectivity index (χ3v) is 5.95. The van der Waals surface area contributed by atoms with Gasteiger partial charge in [0.25, 0.3) is 0 Å². The number of rotatable bonds is 3. The minimum Gasteiger partial charge on any atom is -0.349 e. The van der Waals surface area contributed by atoms with Crippen LogP contribution in [0.4, 0.5) is 0 Å². The quantitative estimate of drug-likeness (QED) is 0.624. The van der Waals surface area contributed by atoms with Gasteiger partial charge in [-0.15, -0.1) is 0 Å². The standard InChI is InChI=1S/C20H26NO4/c1-19(2)12-24-20(25-13-19)8-16-11-21(14-22,18(23)17(16)9-20)10-15-6-4-3-5-7-15/h3-7,14,16-17H,8-13H2,1-2H3/q+1. The van der Waals surface area contributed by atoms with Gasteiger partial charge in [-0.1, -0.05) is 44.2 Å². The second-order valence-corrected chi connectivity index (χ2v) is 8.73. The number of hydrogen-bond donors (Lipinski definition) is 0. The van der Waals surface area contributed by atoms with Gasteiger partial charge >= 0.3 is 12.3 Å². The summed E-state index contributed by atoms with van der Waals surface area (Å²) in [5, 5.41) is 0. The van der Waals surface area contributed by atoms with Gasteiger partial charge in [-0.25, -0.2) is 9.59 Å². The maximum atomic E-state index is 13.1. The monoisotopic (exact) mass is 344 g/mol. The van der Waals surface area contributed by atoms with E-state index in [1.165, 1.54) is 0 Å². The third kappa shape index (κ3) is 2.84. The van der Waals surface area contributed by atoms with Crippen molar-refractivity contribution >= 4 is 12.3 Å². The molecule has 2 saturated heterocycles. The number of hydrogen-bond acceptors (Lipinski definition) is 4. The summed E-state index contributed by atoms with van der Waals surface area (Å²) in [6, 6.07) is 9.78. The number of quaternary nitrogens is 1. The molecule has 3 aliphatic rings. The number of likely N-dealkylation sites (tertiary alicyclic amines) is 1. The summed E-state index contributed by atoms with van der Waals surface area (Å²) in [5.41, 5.74) is 1.03. The summed E-state index contributed by atoms with van der Waals surface area (Å²) in [6.07, 6.45) is 2.13. The van der Waals surface area contributed by atoms with Crippen molar-refractivity contribution in [2.24, 2.45) is 17.3 Å². The van der Waals surface area contributed by atoms with Crippen LogP contribution in [0.25, 0.3) is 0 Å². The third-order valence-electron chi connectivity index (χ3n) is 5.95. The Hall–Kier alpha value is -1.56. The van der Waals surface area contributed by atoms with Gasteiger partial charge in [0.05, 0.1) is 25.7 Å². The first-order chi connectivity index (χ1) is 11.9. The summed E-state index contributed by atoms with van der Waals surface area (Å²) < 4.78 is 12.1. The minimum absolute atomic E-state index is 0.0168. The van der Waals surface area contributed by atoms with Gasteiger partial charge in [0.15, 0.2) is 5.79 Å². The Bertz CT molecular complexity index is 676. The Morgan fingerprint density at radius 1 is 1.16 bits per heavy atom. The van der Waals surface area contributed by atoms with E-state index in [4.69, 9.17) is 9.47 Å². The molecule has 3 atom stereocenters. The number of ether oxygens (including phenoxy) is 2. The van der Waals surface area contributed by atoms with Crippen LogP contribution in [0.2, 0.25) is 0 Å². The maximum Gasteiger partial charge on any atom is 0.324 e. The van der Waals surface area contributed by atoms with Gasteiger partial charge in [-0.3, -0.25) is 0 Å². The van der Waals surface area contributed by atoms with Gasteiger partial charge in [-0.05, 0) is 0 Å². The van der Waals surface area contributed by atoms with Crippen molar-refractivity contribution in [2.45, 2.75) is 39.0 Å². The topological polar surface area (TPSA) is 52.6 Å². The number of carbonyl (C=O) groups excluding carboxylic acids is 2. The molecule has 25 heavy (non-hydrogen) atoms. The van der Waals surface area contributed by atoms with Gasteiger partial charge in [0, 0.05) is 29.7 Å². The molecule has 5 nitrogen and oxygen atoms in total. The molecule has 3 unspecified atom stereocenters. The molecule has 2 amide bonds. The Labute approximate surface area is 148 Å². The van der Waals surface area contributed by atoms with Crippen LogP contribution < -0.4 is 0 Å². The van der Waals surface area contributed by atoms with Crippen molar-refractivity contribution in [3.8, 4) is 0 Å². The van der Waals surface area contributed by atoms with Crippen LogP contribution in [-0.4, -0.2) is 42.3 Å². The van der Waals surface area contributed by atoms with E-state index in [-0.39, 0.29) is 27.6 Å². The minimum atomic E-state index is -0.619. The predicted molar refractivity (Wildman–Crippen MR) is 91.0 cm³/mol. The number of benzene rings is 1. The number of nitrogens with zero attached hydrogens (tertiary/aromatic N) is 1. The molecule has 1 aromatic rings. The van der Waals surface area contributed by atoms with Crippen molar-refractivity contribution in [1.82, 2.24) is 0 Å². The van der Waals surface area contributed by atoms with Gasteiger partial charge in [0.1, 0.15) is 6.54 Å². The van der Waals surface area contributed by atoms with Gasteiger partial charge in [0.2, 0.25) is 0 Å². The molecule has 1 aliphatic carbocycles. The largest absolute Gasteiger partial charge is 0.349 e. The summed E-state index contributed by atoms with van der Waals surface area (Å²) in [4.78, 5) is 25.0.